The van der Waals surface area contributed by atoms with Crippen LogP contribution in [0.15, 0.2) is 0 Å². The molecule has 0 unspecified atom stereocenters. The Morgan fingerprint density at radius 3 is 2.50 bits per heavy atom. The molecule has 0 aliphatic carbocycles. The summed E-state index contributed by atoms with van der Waals surface area (Å²) in [4.78, 5) is 0. The van der Waals surface area contributed by atoms with Crippen molar-refractivity contribution in [1.82, 2.24) is 0 Å². The Hall–Kier alpha value is 0.0249. The minimum atomic E-state index is 0.731. The number of hydrogen-bond donors (Lipinski definition) is 1. The lowest BCUT2D eigenvalue weighted by molar-refractivity contribution is 0.871. The molecule has 0 aliphatic heterocycles. The predicted molar refractivity (Wildman–Crippen MR) is 40.4 cm³/mol. The molecule has 0 aromatic carbocycles. The lowest BCUT2D eigenvalue weighted by Crippen LogP contribution is -2.20. The fraction of sp³-hybridized carbons (Fsp3) is 1.00. The van der Waals surface area contributed by atoms with E-state index in [1.54, 1.807) is 0 Å². The average Bonchev–Trinajstić information content (AvgIpc) is 1.83. The highest BCUT2D eigenvalue weighted by Gasteiger charge is 2.00. The third-order valence-electron chi connectivity index (χ3n) is 1.45. The smallest absolute Gasteiger partial charge is 0.152 e. The first-order valence-electron chi connectivity index (χ1n) is 3.51. The van der Waals surface area contributed by atoms with Crippen LogP contribution in [-0.4, -0.2) is 13.2 Å². The molecule has 1 nitrogen and oxygen atoms in total. The third-order valence-corrected chi connectivity index (χ3v) is 1.45. The van der Waals surface area contributed by atoms with Gasteiger partial charge >= 0.3 is 0 Å². The molecular formula is C6H16BN. The molecule has 0 fully saturated rings. The molecule has 0 bridgehead atoms. The van der Waals surface area contributed by atoms with Gasteiger partial charge in [-0.05, 0) is 6.44 Å². The van der Waals surface area contributed by atoms with E-state index in [0.29, 0.717) is 0 Å². The van der Waals surface area contributed by atoms with Crippen LogP contribution in [0.3, 0.4) is 0 Å². The molecule has 0 aliphatic rings. The van der Waals surface area contributed by atoms with Crippen LogP contribution < -0.4 is 5.73 Å². The Bertz CT molecular complexity index is 47.8. The van der Waals surface area contributed by atoms with E-state index in [2.05, 4.69) is 13.7 Å². The van der Waals surface area contributed by atoms with Gasteiger partial charge in [-0.25, -0.2) is 0 Å². The molecule has 0 amide bonds. The van der Waals surface area contributed by atoms with Crippen molar-refractivity contribution in [3.8, 4) is 0 Å². The topological polar surface area (TPSA) is 26.0 Å². The first-order valence-corrected chi connectivity index (χ1v) is 3.51. The predicted octanol–water partition coefficient (Wildman–Crippen LogP) is 1.41. The molecule has 0 saturated carbocycles. The van der Waals surface area contributed by atoms with Gasteiger partial charge in [0, 0.05) is 0 Å². The van der Waals surface area contributed by atoms with Crippen molar-refractivity contribution < 1.29 is 0 Å². The zero-order valence-electron chi connectivity index (χ0n) is 5.98. The van der Waals surface area contributed by atoms with E-state index in [4.69, 9.17) is 5.73 Å². The Morgan fingerprint density at radius 2 is 2.12 bits per heavy atom. The van der Waals surface area contributed by atoms with Gasteiger partial charge in [0.05, 0.1) is 0 Å². The molecule has 0 aromatic heterocycles. The number of unbranched alkanes of at least 4 members (excludes halogenated alkanes) is 1. The summed E-state index contributed by atoms with van der Waals surface area (Å²) in [5.41, 5.74) is 5.41. The SMILES string of the molecule is CCCCB(C)CN. The maximum atomic E-state index is 5.41. The fourth-order valence-corrected chi connectivity index (χ4v) is 0.670. The zero-order valence-corrected chi connectivity index (χ0v) is 5.98. The van der Waals surface area contributed by atoms with Gasteiger partial charge in [-0.15, -0.1) is 0 Å². The Morgan fingerprint density at radius 1 is 1.50 bits per heavy atom. The molecule has 2 heteroatoms. The van der Waals surface area contributed by atoms with Crippen LogP contribution in [0.4, 0.5) is 0 Å². The van der Waals surface area contributed by atoms with Crippen molar-refractivity contribution in [1.29, 1.82) is 0 Å². The number of rotatable bonds is 4. The van der Waals surface area contributed by atoms with E-state index in [1.807, 2.05) is 0 Å². The quantitative estimate of drug-likeness (QED) is 0.548. The van der Waals surface area contributed by atoms with Crippen LogP contribution in [-0.2, 0) is 0 Å². The Labute approximate surface area is 52.7 Å². The minimum Gasteiger partial charge on any atom is -0.338 e. The third kappa shape index (κ3) is 4.19. The van der Waals surface area contributed by atoms with Crippen LogP contribution in [0.5, 0.6) is 0 Å². The molecule has 2 N–H and O–H groups in total. The number of nitrogens with two attached hydrogens (primary N) is 1. The summed E-state index contributed by atoms with van der Waals surface area (Å²) in [6, 6.07) is 0. The van der Waals surface area contributed by atoms with Crippen LogP contribution in [0, 0.1) is 0 Å². The van der Waals surface area contributed by atoms with Gasteiger partial charge in [-0.1, -0.05) is 32.9 Å². The first kappa shape index (κ1) is 8.02. The summed E-state index contributed by atoms with van der Waals surface area (Å²) < 4.78 is 0. The normalized spacial score (nSPS) is 9.38. The van der Waals surface area contributed by atoms with E-state index in [1.165, 1.54) is 19.2 Å². The van der Waals surface area contributed by atoms with E-state index in [-0.39, 0.29) is 0 Å². The van der Waals surface area contributed by atoms with E-state index in [0.717, 1.165) is 13.2 Å². The molecule has 0 spiro atoms. The molecule has 48 valence electrons. The summed E-state index contributed by atoms with van der Waals surface area (Å²) in [7, 11) is 0. The van der Waals surface area contributed by atoms with Crippen molar-refractivity contribution in [2.75, 3.05) is 6.44 Å². The second-order valence-electron chi connectivity index (χ2n) is 2.48. The fourth-order valence-electron chi connectivity index (χ4n) is 0.670. The Kier molecular flexibility index (Phi) is 5.18. The summed E-state index contributed by atoms with van der Waals surface area (Å²) >= 11 is 0. The Balaban J connectivity index is 2.86. The van der Waals surface area contributed by atoms with Crippen LogP contribution in [0.2, 0.25) is 13.1 Å². The van der Waals surface area contributed by atoms with Crippen molar-refractivity contribution >= 4 is 6.71 Å². The summed E-state index contributed by atoms with van der Waals surface area (Å²) in [5.74, 6) is 0. The highest BCUT2D eigenvalue weighted by Crippen LogP contribution is 1.98. The van der Waals surface area contributed by atoms with Gasteiger partial charge in [0.1, 0.15) is 0 Å². The summed E-state index contributed by atoms with van der Waals surface area (Å²) in [6.45, 7) is 5.15. The highest BCUT2D eigenvalue weighted by atomic mass is 14.5. The van der Waals surface area contributed by atoms with Crippen molar-refractivity contribution in [3.05, 3.63) is 0 Å². The molecule has 0 heterocycles. The standard InChI is InChI=1S/C6H16BN/c1-3-4-5-7(2)6-8/h3-6,8H2,1-2H3. The summed E-state index contributed by atoms with van der Waals surface area (Å²) in [5, 5.41) is 0. The molecule has 0 rings (SSSR count). The zero-order chi connectivity index (χ0) is 6.41. The molecule has 0 aromatic rings. The van der Waals surface area contributed by atoms with Crippen LogP contribution >= 0.6 is 0 Å². The van der Waals surface area contributed by atoms with Gasteiger partial charge < -0.3 is 5.73 Å². The first-order chi connectivity index (χ1) is 3.81. The van der Waals surface area contributed by atoms with Crippen LogP contribution in [0.25, 0.3) is 0 Å². The summed E-state index contributed by atoms with van der Waals surface area (Å²) in [6.07, 6.45) is 4.77. The molecule has 8 heavy (non-hydrogen) atoms. The van der Waals surface area contributed by atoms with Gasteiger partial charge in [-0.3, -0.25) is 0 Å². The molecular weight excluding hydrogens is 96.9 g/mol. The van der Waals surface area contributed by atoms with Gasteiger partial charge in [0.15, 0.2) is 6.71 Å². The molecule has 0 atom stereocenters. The van der Waals surface area contributed by atoms with E-state index in [9.17, 15) is 0 Å². The van der Waals surface area contributed by atoms with Gasteiger partial charge in [0.25, 0.3) is 0 Å². The largest absolute Gasteiger partial charge is 0.338 e. The number of hydrogen-bond acceptors (Lipinski definition) is 1. The van der Waals surface area contributed by atoms with Gasteiger partial charge in [-0.2, -0.15) is 0 Å². The maximum Gasteiger partial charge on any atom is 0.152 e. The second-order valence-corrected chi connectivity index (χ2v) is 2.48. The monoisotopic (exact) mass is 113 g/mol. The van der Waals surface area contributed by atoms with Crippen molar-refractivity contribution in [2.45, 2.75) is 32.9 Å². The maximum absolute atomic E-state index is 5.41. The average molecular weight is 113 g/mol. The lowest BCUT2D eigenvalue weighted by atomic mass is 9.49. The molecule has 0 radical (unpaired) electrons. The lowest BCUT2D eigenvalue weighted by Gasteiger charge is -2.00. The van der Waals surface area contributed by atoms with E-state index < -0.39 is 0 Å². The minimum absolute atomic E-state index is 0.731. The van der Waals surface area contributed by atoms with Crippen molar-refractivity contribution in [3.63, 3.8) is 0 Å². The van der Waals surface area contributed by atoms with Gasteiger partial charge in [0.2, 0.25) is 0 Å². The highest BCUT2D eigenvalue weighted by molar-refractivity contribution is 6.57. The van der Waals surface area contributed by atoms with E-state index >= 15 is 0 Å². The van der Waals surface area contributed by atoms with Crippen molar-refractivity contribution in [2.24, 2.45) is 5.73 Å². The van der Waals surface area contributed by atoms with Crippen LogP contribution in [0.1, 0.15) is 19.8 Å². The molecule has 0 saturated heterocycles. The second kappa shape index (κ2) is 5.17.